The van der Waals surface area contributed by atoms with Gasteiger partial charge < -0.3 is 10.1 Å². The Morgan fingerprint density at radius 3 is 2.83 bits per heavy atom. The van der Waals surface area contributed by atoms with Crippen LogP contribution in [0.3, 0.4) is 0 Å². The van der Waals surface area contributed by atoms with E-state index in [9.17, 15) is 0 Å². The molecule has 1 saturated carbocycles. The molecule has 1 aromatic rings. The van der Waals surface area contributed by atoms with Gasteiger partial charge in [0.25, 0.3) is 0 Å². The van der Waals surface area contributed by atoms with Gasteiger partial charge in [0.05, 0.1) is 6.61 Å². The molecule has 2 nitrogen and oxygen atoms in total. The van der Waals surface area contributed by atoms with Gasteiger partial charge in [0, 0.05) is 22.6 Å². The molecule has 1 aliphatic rings. The topological polar surface area (TPSA) is 21.3 Å². The van der Waals surface area contributed by atoms with Crippen LogP contribution < -0.4 is 10.1 Å². The third-order valence-corrected chi connectivity index (χ3v) is 3.63. The molecular formula is C15H22BrNO. The number of hydrogen-bond donors (Lipinski definition) is 1. The lowest BCUT2D eigenvalue weighted by atomic mass is 10.1. The molecule has 100 valence electrons. The van der Waals surface area contributed by atoms with E-state index in [1.807, 2.05) is 6.07 Å². The Balaban J connectivity index is 1.93. The van der Waals surface area contributed by atoms with Gasteiger partial charge in [0.15, 0.2) is 0 Å². The lowest BCUT2D eigenvalue weighted by Gasteiger charge is -2.13. The zero-order chi connectivity index (χ0) is 13.0. The monoisotopic (exact) mass is 311 g/mol. The van der Waals surface area contributed by atoms with Crippen LogP contribution in [0, 0.1) is 5.92 Å². The molecule has 0 amide bonds. The lowest BCUT2D eigenvalue weighted by Crippen LogP contribution is -2.16. The first-order valence-corrected chi connectivity index (χ1v) is 7.59. The van der Waals surface area contributed by atoms with Crippen LogP contribution in [0.15, 0.2) is 22.7 Å². The fraction of sp³-hybridized carbons (Fsp3) is 0.600. The third-order valence-electron chi connectivity index (χ3n) is 3.13. The minimum absolute atomic E-state index is 0.688. The SMILES string of the molecule is CC(C)CCOc1ccc(Br)cc1CNC1CC1. The summed E-state index contributed by atoms with van der Waals surface area (Å²) in [6.07, 6.45) is 3.74. The van der Waals surface area contributed by atoms with Crippen LogP contribution in [0.5, 0.6) is 5.75 Å². The largest absolute Gasteiger partial charge is 0.493 e. The summed E-state index contributed by atoms with van der Waals surface area (Å²) in [5.41, 5.74) is 1.25. The van der Waals surface area contributed by atoms with Crippen molar-refractivity contribution in [1.29, 1.82) is 0 Å². The maximum Gasteiger partial charge on any atom is 0.123 e. The maximum atomic E-state index is 5.89. The first-order chi connectivity index (χ1) is 8.65. The van der Waals surface area contributed by atoms with Crippen LogP contribution in [0.2, 0.25) is 0 Å². The molecule has 0 atom stereocenters. The molecule has 2 rings (SSSR count). The smallest absolute Gasteiger partial charge is 0.123 e. The molecule has 3 heteroatoms. The van der Waals surface area contributed by atoms with Crippen molar-refractivity contribution in [3.63, 3.8) is 0 Å². The Morgan fingerprint density at radius 2 is 2.17 bits per heavy atom. The molecule has 0 saturated heterocycles. The summed E-state index contributed by atoms with van der Waals surface area (Å²) in [5.74, 6) is 1.71. The van der Waals surface area contributed by atoms with Crippen LogP contribution in [0.1, 0.15) is 38.7 Å². The minimum Gasteiger partial charge on any atom is -0.493 e. The molecular weight excluding hydrogens is 290 g/mol. The number of hydrogen-bond acceptors (Lipinski definition) is 2. The summed E-state index contributed by atoms with van der Waals surface area (Å²) in [4.78, 5) is 0. The summed E-state index contributed by atoms with van der Waals surface area (Å²) >= 11 is 3.53. The third kappa shape index (κ3) is 4.62. The molecule has 1 aromatic carbocycles. The molecule has 0 unspecified atom stereocenters. The predicted octanol–water partition coefficient (Wildman–Crippen LogP) is 4.13. The van der Waals surface area contributed by atoms with E-state index in [0.29, 0.717) is 5.92 Å². The van der Waals surface area contributed by atoms with Crippen molar-refractivity contribution in [2.75, 3.05) is 6.61 Å². The van der Waals surface area contributed by atoms with E-state index < -0.39 is 0 Å². The van der Waals surface area contributed by atoms with Gasteiger partial charge >= 0.3 is 0 Å². The number of rotatable bonds is 7. The van der Waals surface area contributed by atoms with Crippen molar-refractivity contribution in [2.45, 2.75) is 45.7 Å². The van der Waals surface area contributed by atoms with E-state index in [0.717, 1.165) is 35.8 Å². The van der Waals surface area contributed by atoms with Crippen molar-refractivity contribution >= 4 is 15.9 Å². The van der Waals surface area contributed by atoms with Crippen LogP contribution in [0.4, 0.5) is 0 Å². The zero-order valence-corrected chi connectivity index (χ0v) is 12.8. The number of halogens is 1. The second-order valence-electron chi connectivity index (χ2n) is 5.44. The Labute approximate surface area is 118 Å². The van der Waals surface area contributed by atoms with Crippen molar-refractivity contribution in [1.82, 2.24) is 5.32 Å². The molecule has 1 N–H and O–H groups in total. The Morgan fingerprint density at radius 1 is 1.39 bits per heavy atom. The highest BCUT2D eigenvalue weighted by molar-refractivity contribution is 9.10. The van der Waals surface area contributed by atoms with Gasteiger partial charge in [-0.15, -0.1) is 0 Å². The maximum absolute atomic E-state index is 5.89. The molecule has 0 bridgehead atoms. The first kappa shape index (κ1) is 13.9. The molecule has 1 fully saturated rings. The van der Waals surface area contributed by atoms with Crippen molar-refractivity contribution in [3.05, 3.63) is 28.2 Å². The van der Waals surface area contributed by atoms with Gasteiger partial charge in [-0.2, -0.15) is 0 Å². The van der Waals surface area contributed by atoms with Gasteiger partial charge in [-0.1, -0.05) is 29.8 Å². The summed E-state index contributed by atoms with van der Waals surface area (Å²) in [5, 5.41) is 3.54. The average Bonchev–Trinajstić information content (AvgIpc) is 3.12. The molecule has 1 aliphatic carbocycles. The van der Waals surface area contributed by atoms with Crippen molar-refractivity contribution in [3.8, 4) is 5.75 Å². The van der Waals surface area contributed by atoms with E-state index >= 15 is 0 Å². The highest BCUT2D eigenvalue weighted by Crippen LogP contribution is 2.25. The van der Waals surface area contributed by atoms with Gasteiger partial charge in [0.2, 0.25) is 0 Å². The molecule has 0 aromatic heterocycles. The standard InChI is InChI=1S/C15H22BrNO/c1-11(2)7-8-18-15-6-3-13(16)9-12(15)10-17-14-4-5-14/h3,6,9,11,14,17H,4-5,7-8,10H2,1-2H3. The fourth-order valence-electron chi connectivity index (χ4n) is 1.77. The molecule has 0 heterocycles. The molecule has 0 aliphatic heterocycles. The fourth-order valence-corrected chi connectivity index (χ4v) is 2.18. The zero-order valence-electron chi connectivity index (χ0n) is 11.2. The van der Waals surface area contributed by atoms with Crippen molar-refractivity contribution < 1.29 is 4.74 Å². The molecule has 0 spiro atoms. The molecule has 0 radical (unpaired) electrons. The second kappa shape index (κ2) is 6.58. The second-order valence-corrected chi connectivity index (χ2v) is 6.35. The summed E-state index contributed by atoms with van der Waals surface area (Å²) in [6, 6.07) is 6.99. The molecule has 18 heavy (non-hydrogen) atoms. The number of benzene rings is 1. The van der Waals surface area contributed by atoms with Crippen molar-refractivity contribution in [2.24, 2.45) is 5.92 Å². The summed E-state index contributed by atoms with van der Waals surface area (Å²) < 4.78 is 7.01. The van der Waals surface area contributed by atoms with Gasteiger partial charge in [-0.05, 0) is 43.4 Å². The Hall–Kier alpha value is -0.540. The quantitative estimate of drug-likeness (QED) is 0.817. The van der Waals surface area contributed by atoms with E-state index in [4.69, 9.17) is 4.74 Å². The summed E-state index contributed by atoms with van der Waals surface area (Å²) in [6.45, 7) is 6.15. The van der Waals surface area contributed by atoms with E-state index in [1.165, 1.54) is 18.4 Å². The highest BCUT2D eigenvalue weighted by atomic mass is 79.9. The van der Waals surface area contributed by atoms with Crippen LogP contribution >= 0.6 is 15.9 Å². The lowest BCUT2D eigenvalue weighted by molar-refractivity contribution is 0.286. The van der Waals surface area contributed by atoms with E-state index in [1.54, 1.807) is 0 Å². The van der Waals surface area contributed by atoms with Gasteiger partial charge in [-0.3, -0.25) is 0 Å². The van der Waals surface area contributed by atoms with E-state index in [-0.39, 0.29) is 0 Å². The number of ether oxygens (including phenoxy) is 1. The first-order valence-electron chi connectivity index (χ1n) is 6.80. The minimum atomic E-state index is 0.688. The normalized spacial score (nSPS) is 15.1. The predicted molar refractivity (Wildman–Crippen MR) is 79.0 cm³/mol. The Kier molecular flexibility index (Phi) is 5.07. The number of nitrogens with one attached hydrogen (secondary N) is 1. The highest BCUT2D eigenvalue weighted by Gasteiger charge is 2.20. The van der Waals surface area contributed by atoms with Crippen LogP contribution in [0.25, 0.3) is 0 Å². The average molecular weight is 312 g/mol. The van der Waals surface area contributed by atoms with E-state index in [2.05, 4.69) is 47.2 Å². The van der Waals surface area contributed by atoms with Crippen LogP contribution in [-0.2, 0) is 6.54 Å². The van der Waals surface area contributed by atoms with Gasteiger partial charge in [0.1, 0.15) is 5.75 Å². The Bertz CT molecular complexity index is 388. The summed E-state index contributed by atoms with van der Waals surface area (Å²) in [7, 11) is 0. The van der Waals surface area contributed by atoms with Crippen LogP contribution in [-0.4, -0.2) is 12.6 Å². The van der Waals surface area contributed by atoms with Gasteiger partial charge in [-0.25, -0.2) is 0 Å².